The molecule has 0 heterocycles. The number of hydrogen-bond donors (Lipinski definition) is 1. The van der Waals surface area contributed by atoms with Gasteiger partial charge in [0, 0.05) is 18.6 Å². The van der Waals surface area contributed by atoms with E-state index in [1.54, 1.807) is 0 Å². The van der Waals surface area contributed by atoms with Gasteiger partial charge in [0.1, 0.15) is 0 Å². The van der Waals surface area contributed by atoms with E-state index in [2.05, 4.69) is 30.8 Å². The summed E-state index contributed by atoms with van der Waals surface area (Å²) < 4.78 is 0. The van der Waals surface area contributed by atoms with Gasteiger partial charge in [-0.05, 0) is 45.7 Å². The second-order valence-electron chi connectivity index (χ2n) is 4.69. The van der Waals surface area contributed by atoms with Gasteiger partial charge in [-0.25, -0.2) is 0 Å². The maximum absolute atomic E-state index is 3.80. The van der Waals surface area contributed by atoms with Crippen LogP contribution in [0.15, 0.2) is 12.7 Å². The Kier molecular flexibility index (Phi) is 5.96. The molecule has 0 spiro atoms. The average molecular weight is 210 g/mol. The Balaban J connectivity index is 2.20. The first-order valence-corrected chi connectivity index (χ1v) is 6.32. The smallest absolute Gasteiger partial charge is 0.0160 e. The van der Waals surface area contributed by atoms with Gasteiger partial charge in [-0.15, -0.1) is 6.58 Å². The summed E-state index contributed by atoms with van der Waals surface area (Å²) >= 11 is 0. The molecule has 1 saturated carbocycles. The molecule has 88 valence electrons. The van der Waals surface area contributed by atoms with Crippen LogP contribution in [-0.4, -0.2) is 37.1 Å². The van der Waals surface area contributed by atoms with E-state index in [1.807, 2.05) is 6.08 Å². The lowest BCUT2D eigenvalue weighted by Gasteiger charge is -2.34. The fourth-order valence-corrected chi connectivity index (χ4v) is 2.42. The van der Waals surface area contributed by atoms with Crippen molar-refractivity contribution >= 4 is 0 Å². The van der Waals surface area contributed by atoms with Gasteiger partial charge in [0.25, 0.3) is 0 Å². The number of nitrogens with zero attached hydrogens (tertiary/aromatic N) is 1. The van der Waals surface area contributed by atoms with Gasteiger partial charge in [-0.3, -0.25) is 4.90 Å². The highest BCUT2D eigenvalue weighted by Gasteiger charge is 2.22. The highest BCUT2D eigenvalue weighted by atomic mass is 15.1. The van der Waals surface area contributed by atoms with Crippen LogP contribution in [-0.2, 0) is 0 Å². The van der Waals surface area contributed by atoms with Gasteiger partial charge in [0.05, 0.1) is 0 Å². The van der Waals surface area contributed by atoms with E-state index in [1.165, 1.54) is 38.6 Å². The molecule has 0 aromatic heterocycles. The molecular formula is C13H26N2. The predicted octanol–water partition coefficient (Wildman–Crippen LogP) is 2.42. The summed E-state index contributed by atoms with van der Waals surface area (Å²) in [6.07, 6.45) is 8.60. The second kappa shape index (κ2) is 7.02. The molecule has 0 unspecified atom stereocenters. The third kappa shape index (κ3) is 4.35. The standard InChI is InChI=1S/C13H26N2/c1-4-10-14-12-6-8-13(9-7-12)15(3)11-5-2/h5,12-14H,2,4,6-11H2,1,3H3. The fourth-order valence-electron chi connectivity index (χ4n) is 2.42. The van der Waals surface area contributed by atoms with E-state index in [-0.39, 0.29) is 0 Å². The first kappa shape index (κ1) is 12.7. The number of nitrogens with one attached hydrogen (secondary N) is 1. The highest BCUT2D eigenvalue weighted by molar-refractivity contribution is 4.84. The zero-order valence-corrected chi connectivity index (χ0v) is 10.3. The van der Waals surface area contributed by atoms with E-state index < -0.39 is 0 Å². The van der Waals surface area contributed by atoms with E-state index in [0.717, 1.165) is 18.6 Å². The molecule has 1 aliphatic carbocycles. The molecule has 0 aromatic carbocycles. The number of hydrogen-bond acceptors (Lipinski definition) is 2. The largest absolute Gasteiger partial charge is 0.314 e. The number of rotatable bonds is 6. The quantitative estimate of drug-likeness (QED) is 0.677. The third-order valence-electron chi connectivity index (χ3n) is 3.42. The zero-order valence-electron chi connectivity index (χ0n) is 10.3. The molecule has 1 rings (SSSR count). The van der Waals surface area contributed by atoms with Crippen LogP contribution in [0, 0.1) is 0 Å². The van der Waals surface area contributed by atoms with Crippen molar-refractivity contribution < 1.29 is 0 Å². The topological polar surface area (TPSA) is 15.3 Å². The van der Waals surface area contributed by atoms with Gasteiger partial charge < -0.3 is 5.32 Å². The Bertz CT molecular complexity index is 171. The molecule has 0 amide bonds. The van der Waals surface area contributed by atoms with E-state index in [9.17, 15) is 0 Å². The first-order chi connectivity index (χ1) is 7.27. The van der Waals surface area contributed by atoms with Crippen molar-refractivity contribution in [3.63, 3.8) is 0 Å². The first-order valence-electron chi connectivity index (χ1n) is 6.32. The molecule has 0 atom stereocenters. The SMILES string of the molecule is C=CCN(C)C1CCC(NCCC)CC1. The summed E-state index contributed by atoms with van der Waals surface area (Å²) in [6.45, 7) is 8.23. The van der Waals surface area contributed by atoms with Gasteiger partial charge >= 0.3 is 0 Å². The molecule has 0 radical (unpaired) electrons. The van der Waals surface area contributed by atoms with Crippen LogP contribution in [0.4, 0.5) is 0 Å². The Morgan fingerprint density at radius 2 is 2.00 bits per heavy atom. The number of likely N-dealkylation sites (N-methyl/N-ethyl adjacent to an activating group) is 1. The molecule has 2 heteroatoms. The Morgan fingerprint density at radius 3 is 2.53 bits per heavy atom. The van der Waals surface area contributed by atoms with E-state index in [4.69, 9.17) is 0 Å². The summed E-state index contributed by atoms with van der Waals surface area (Å²) in [6, 6.07) is 1.56. The summed E-state index contributed by atoms with van der Waals surface area (Å²) in [5, 5.41) is 3.62. The normalized spacial score (nSPS) is 26.9. The van der Waals surface area contributed by atoms with Crippen molar-refractivity contribution in [1.29, 1.82) is 0 Å². The van der Waals surface area contributed by atoms with Crippen molar-refractivity contribution in [2.75, 3.05) is 20.1 Å². The van der Waals surface area contributed by atoms with E-state index >= 15 is 0 Å². The minimum Gasteiger partial charge on any atom is -0.314 e. The summed E-state index contributed by atoms with van der Waals surface area (Å²) in [7, 11) is 2.21. The molecule has 1 aliphatic rings. The Morgan fingerprint density at radius 1 is 1.33 bits per heavy atom. The fraction of sp³-hybridized carbons (Fsp3) is 0.846. The van der Waals surface area contributed by atoms with Crippen LogP contribution in [0.5, 0.6) is 0 Å². The van der Waals surface area contributed by atoms with Crippen LogP contribution < -0.4 is 5.32 Å². The third-order valence-corrected chi connectivity index (χ3v) is 3.42. The summed E-state index contributed by atoms with van der Waals surface area (Å²) in [5.74, 6) is 0. The average Bonchev–Trinajstić information content (AvgIpc) is 2.27. The monoisotopic (exact) mass is 210 g/mol. The maximum Gasteiger partial charge on any atom is 0.0160 e. The molecule has 0 bridgehead atoms. The summed E-state index contributed by atoms with van der Waals surface area (Å²) in [4.78, 5) is 2.43. The maximum atomic E-state index is 3.80. The molecular weight excluding hydrogens is 184 g/mol. The van der Waals surface area contributed by atoms with Gasteiger partial charge in [0.2, 0.25) is 0 Å². The molecule has 15 heavy (non-hydrogen) atoms. The van der Waals surface area contributed by atoms with Crippen molar-refractivity contribution in [1.82, 2.24) is 10.2 Å². The lowest BCUT2D eigenvalue weighted by molar-refractivity contribution is 0.189. The molecule has 0 saturated heterocycles. The van der Waals surface area contributed by atoms with Gasteiger partial charge in [0.15, 0.2) is 0 Å². The van der Waals surface area contributed by atoms with E-state index in [0.29, 0.717) is 0 Å². The summed E-state index contributed by atoms with van der Waals surface area (Å²) in [5.41, 5.74) is 0. The van der Waals surface area contributed by atoms with Crippen LogP contribution in [0.3, 0.4) is 0 Å². The highest BCUT2D eigenvalue weighted by Crippen LogP contribution is 2.22. The van der Waals surface area contributed by atoms with Crippen LogP contribution in [0.25, 0.3) is 0 Å². The lowest BCUT2D eigenvalue weighted by Crippen LogP contribution is -2.41. The molecule has 1 fully saturated rings. The van der Waals surface area contributed by atoms with Crippen LogP contribution in [0.2, 0.25) is 0 Å². The molecule has 0 aromatic rings. The predicted molar refractivity (Wildman–Crippen MR) is 67.2 cm³/mol. The zero-order chi connectivity index (χ0) is 11.1. The van der Waals surface area contributed by atoms with Crippen molar-refractivity contribution in [2.24, 2.45) is 0 Å². The minimum absolute atomic E-state index is 0.776. The molecule has 1 N–H and O–H groups in total. The van der Waals surface area contributed by atoms with Crippen molar-refractivity contribution in [3.05, 3.63) is 12.7 Å². The lowest BCUT2D eigenvalue weighted by atomic mass is 9.90. The van der Waals surface area contributed by atoms with Gasteiger partial charge in [-0.2, -0.15) is 0 Å². The van der Waals surface area contributed by atoms with Crippen LogP contribution in [0.1, 0.15) is 39.0 Å². The molecule has 0 aliphatic heterocycles. The van der Waals surface area contributed by atoms with Crippen LogP contribution >= 0.6 is 0 Å². The Labute approximate surface area is 94.7 Å². The van der Waals surface area contributed by atoms with Gasteiger partial charge in [-0.1, -0.05) is 13.0 Å². The Hall–Kier alpha value is -0.340. The van der Waals surface area contributed by atoms with Crippen molar-refractivity contribution in [2.45, 2.75) is 51.1 Å². The van der Waals surface area contributed by atoms with Crippen molar-refractivity contribution in [3.8, 4) is 0 Å². The minimum atomic E-state index is 0.776. The molecule has 2 nitrogen and oxygen atoms in total. The second-order valence-corrected chi connectivity index (χ2v) is 4.69.